The monoisotopic (exact) mass is 566 g/mol. The molecule has 2 aliphatic heterocycles. The second-order valence-electron chi connectivity index (χ2n) is 8.47. The average molecular weight is 566 g/mol. The second-order valence-corrected chi connectivity index (χ2v) is 8.47. The maximum Gasteiger partial charge on any atom is 0.490 e. The fourth-order valence-corrected chi connectivity index (χ4v) is 3.93. The Morgan fingerprint density at radius 1 is 1.05 bits per heavy atom. The Morgan fingerprint density at radius 3 is 2.21 bits per heavy atom. The number of aliphatic carboxylic acids is 2. The number of pyridine rings is 2. The molecule has 4 heterocycles. The van der Waals surface area contributed by atoms with Gasteiger partial charge in [0.2, 0.25) is 11.8 Å². The first kappa shape index (κ1) is 31.3. The molecule has 2 fully saturated rings. The maximum atomic E-state index is 12.6. The van der Waals surface area contributed by atoms with Crippen LogP contribution in [0.1, 0.15) is 12.0 Å². The zero-order valence-corrected chi connectivity index (χ0v) is 20.1. The van der Waals surface area contributed by atoms with Crippen LogP contribution in [0, 0.1) is 11.3 Å². The van der Waals surface area contributed by atoms with Crippen molar-refractivity contribution < 1.29 is 55.7 Å². The highest BCUT2D eigenvalue weighted by Gasteiger charge is 2.54. The van der Waals surface area contributed by atoms with Crippen LogP contribution in [-0.4, -0.2) is 81.5 Å². The van der Waals surface area contributed by atoms with Crippen LogP contribution < -0.4 is 10.1 Å². The van der Waals surface area contributed by atoms with Crippen molar-refractivity contribution in [1.29, 1.82) is 0 Å². The molecule has 214 valence electrons. The van der Waals surface area contributed by atoms with Crippen LogP contribution in [0.5, 0.6) is 5.88 Å². The summed E-state index contributed by atoms with van der Waals surface area (Å²) in [7, 11) is 0. The normalized spacial score (nSPS) is 20.8. The van der Waals surface area contributed by atoms with Crippen molar-refractivity contribution in [3.05, 3.63) is 54.5 Å². The van der Waals surface area contributed by atoms with Crippen molar-refractivity contribution >= 4 is 17.8 Å². The van der Waals surface area contributed by atoms with E-state index in [1.54, 1.807) is 12.4 Å². The van der Waals surface area contributed by atoms with Gasteiger partial charge >= 0.3 is 24.3 Å². The number of rotatable bonds is 5. The first-order valence-corrected chi connectivity index (χ1v) is 11.2. The minimum atomic E-state index is -5.08. The standard InChI is InChI=1S/C19H22N4O2.2C2HF3O2/c24-18-19(6-9-23(14-19)12-15-4-3-7-20-10-15)16(11-22-18)13-25-17-5-1-2-8-21-17;2*3-2(4,5)1(6)7/h1-5,7-8,10,16H,6,9,11-14H2,(H,22,24);2*(H,6,7)/t16-,19+;;/m0../s1. The smallest absolute Gasteiger partial charge is 0.477 e. The third-order valence-corrected chi connectivity index (χ3v) is 5.81. The van der Waals surface area contributed by atoms with E-state index in [4.69, 9.17) is 24.5 Å². The number of hydrogen-bond acceptors (Lipinski definition) is 7. The van der Waals surface area contributed by atoms with Crippen molar-refractivity contribution in [3.8, 4) is 5.88 Å². The molecular formula is C23H24F6N4O6. The molecule has 0 aromatic carbocycles. The lowest BCUT2D eigenvalue weighted by atomic mass is 9.77. The number of halogens is 6. The fraction of sp³-hybridized carbons (Fsp3) is 0.435. The number of carboxylic acids is 2. The van der Waals surface area contributed by atoms with E-state index < -0.39 is 24.3 Å². The van der Waals surface area contributed by atoms with Gasteiger partial charge in [0.25, 0.3) is 0 Å². The van der Waals surface area contributed by atoms with Crippen molar-refractivity contribution in [3.63, 3.8) is 0 Å². The molecule has 2 atom stereocenters. The number of carbonyl (C=O) groups excluding carboxylic acids is 1. The lowest BCUT2D eigenvalue weighted by Gasteiger charge is -2.28. The molecule has 0 unspecified atom stereocenters. The highest BCUT2D eigenvalue weighted by atomic mass is 19.4. The van der Waals surface area contributed by atoms with Crippen molar-refractivity contribution in [2.45, 2.75) is 25.3 Å². The highest BCUT2D eigenvalue weighted by Crippen LogP contribution is 2.42. The van der Waals surface area contributed by atoms with Crippen LogP contribution in [0.2, 0.25) is 0 Å². The number of hydrogen-bond donors (Lipinski definition) is 3. The van der Waals surface area contributed by atoms with Crippen molar-refractivity contribution in [1.82, 2.24) is 20.2 Å². The fourth-order valence-electron chi connectivity index (χ4n) is 3.93. The Balaban J connectivity index is 0.000000317. The van der Waals surface area contributed by atoms with E-state index in [2.05, 4.69) is 26.3 Å². The Hall–Kier alpha value is -3.95. The summed E-state index contributed by atoms with van der Waals surface area (Å²) in [5, 5.41) is 17.3. The first-order chi connectivity index (χ1) is 18.1. The molecule has 0 bridgehead atoms. The summed E-state index contributed by atoms with van der Waals surface area (Å²) in [5.41, 5.74) is 0.830. The second kappa shape index (κ2) is 13.2. The number of nitrogens with zero attached hydrogens (tertiary/aromatic N) is 3. The zero-order valence-electron chi connectivity index (χ0n) is 20.1. The van der Waals surface area contributed by atoms with E-state index in [0.29, 0.717) is 19.0 Å². The SMILES string of the molecule is O=C(O)C(F)(F)F.O=C(O)C(F)(F)F.O=C1NC[C@@H](COc2ccccn2)[C@]12CCN(Cc1cccnc1)C2. The topological polar surface area (TPSA) is 142 Å². The maximum absolute atomic E-state index is 12.6. The molecule has 0 radical (unpaired) electrons. The quantitative estimate of drug-likeness (QED) is 0.466. The molecule has 4 rings (SSSR count). The van der Waals surface area contributed by atoms with E-state index in [1.807, 2.05) is 30.5 Å². The third-order valence-electron chi connectivity index (χ3n) is 5.81. The van der Waals surface area contributed by atoms with Gasteiger partial charge in [0.1, 0.15) is 0 Å². The summed E-state index contributed by atoms with van der Waals surface area (Å²) in [6.07, 6.45) is -3.91. The number of aromatic nitrogens is 2. The van der Waals surface area contributed by atoms with E-state index in [0.717, 1.165) is 26.1 Å². The lowest BCUT2D eigenvalue weighted by Crippen LogP contribution is -2.40. The van der Waals surface area contributed by atoms with Gasteiger partial charge in [0, 0.05) is 50.2 Å². The van der Waals surface area contributed by atoms with Crippen molar-refractivity contribution in [2.75, 3.05) is 26.2 Å². The van der Waals surface area contributed by atoms with E-state index >= 15 is 0 Å². The number of carboxylic acid groups (broad SMARTS) is 2. The minimum absolute atomic E-state index is 0.163. The summed E-state index contributed by atoms with van der Waals surface area (Å²) < 4.78 is 69.3. The van der Waals surface area contributed by atoms with Gasteiger partial charge in [-0.3, -0.25) is 14.7 Å². The summed E-state index contributed by atoms with van der Waals surface area (Å²) in [6, 6.07) is 9.64. The number of ether oxygens (including phenoxy) is 1. The molecule has 0 aliphatic carbocycles. The van der Waals surface area contributed by atoms with Gasteiger partial charge in [-0.15, -0.1) is 0 Å². The molecule has 1 amide bonds. The predicted molar refractivity (Wildman–Crippen MR) is 120 cm³/mol. The van der Waals surface area contributed by atoms with Gasteiger partial charge < -0.3 is 20.3 Å². The summed E-state index contributed by atoms with van der Waals surface area (Å²) in [6.45, 7) is 3.70. The molecule has 10 nitrogen and oxygen atoms in total. The summed E-state index contributed by atoms with van der Waals surface area (Å²) >= 11 is 0. The molecule has 2 aromatic heterocycles. The molecule has 2 aromatic rings. The number of alkyl halides is 6. The van der Waals surface area contributed by atoms with E-state index in [1.165, 1.54) is 5.56 Å². The molecule has 3 N–H and O–H groups in total. The third kappa shape index (κ3) is 9.38. The Kier molecular flexibility index (Phi) is 10.6. The summed E-state index contributed by atoms with van der Waals surface area (Å²) in [5.74, 6) is -4.57. The Morgan fingerprint density at radius 2 is 1.69 bits per heavy atom. The summed E-state index contributed by atoms with van der Waals surface area (Å²) in [4.78, 5) is 41.1. The molecule has 2 saturated heterocycles. The number of carbonyl (C=O) groups is 3. The Bertz CT molecular complexity index is 1080. The van der Waals surface area contributed by atoms with Crippen molar-refractivity contribution in [2.24, 2.45) is 11.3 Å². The van der Waals surface area contributed by atoms with Crippen LogP contribution in [0.15, 0.2) is 48.9 Å². The number of nitrogens with one attached hydrogen (secondary N) is 1. The first-order valence-electron chi connectivity index (χ1n) is 11.2. The lowest BCUT2D eigenvalue weighted by molar-refractivity contribution is -0.193. The largest absolute Gasteiger partial charge is 0.490 e. The van der Waals surface area contributed by atoms with Gasteiger partial charge in [-0.1, -0.05) is 12.1 Å². The van der Waals surface area contributed by atoms with Crippen LogP contribution >= 0.6 is 0 Å². The highest BCUT2D eigenvalue weighted by molar-refractivity contribution is 5.86. The van der Waals surface area contributed by atoms with Gasteiger partial charge in [-0.25, -0.2) is 14.6 Å². The van der Waals surface area contributed by atoms with Gasteiger partial charge in [-0.2, -0.15) is 26.3 Å². The molecule has 16 heteroatoms. The van der Waals surface area contributed by atoms with Gasteiger partial charge in [0.15, 0.2) is 0 Å². The molecule has 2 aliphatic rings. The zero-order chi connectivity index (χ0) is 29.3. The molecule has 1 spiro atoms. The Labute approximate surface area is 217 Å². The molecule has 0 saturated carbocycles. The van der Waals surface area contributed by atoms with E-state index in [-0.39, 0.29) is 17.2 Å². The molecular weight excluding hydrogens is 542 g/mol. The number of likely N-dealkylation sites (tertiary alicyclic amines) is 1. The number of amides is 1. The van der Waals surface area contributed by atoms with Crippen LogP contribution in [-0.2, 0) is 20.9 Å². The average Bonchev–Trinajstić information content (AvgIpc) is 3.42. The van der Waals surface area contributed by atoms with E-state index in [9.17, 15) is 31.1 Å². The predicted octanol–water partition coefficient (Wildman–Crippen LogP) is 2.76. The van der Waals surface area contributed by atoms with Gasteiger partial charge in [-0.05, 0) is 30.7 Å². The van der Waals surface area contributed by atoms with Gasteiger partial charge in [0.05, 0.1) is 12.0 Å². The van der Waals surface area contributed by atoms with Crippen LogP contribution in [0.4, 0.5) is 26.3 Å². The minimum Gasteiger partial charge on any atom is -0.477 e. The van der Waals surface area contributed by atoms with Crippen LogP contribution in [0.3, 0.4) is 0 Å². The molecule has 39 heavy (non-hydrogen) atoms. The van der Waals surface area contributed by atoms with Crippen LogP contribution in [0.25, 0.3) is 0 Å².